The molecule has 1 aromatic heterocycles. The van der Waals surface area contributed by atoms with Crippen LogP contribution in [0.15, 0.2) is 24.3 Å². The van der Waals surface area contributed by atoms with Crippen molar-refractivity contribution < 1.29 is 42.1 Å². The minimum absolute atomic E-state index is 0.0563. The summed E-state index contributed by atoms with van der Waals surface area (Å²) in [6.45, 7) is 9.46. The molecule has 1 fully saturated rings. The third kappa shape index (κ3) is 11.7. The molecule has 14 heteroatoms. The van der Waals surface area contributed by atoms with Gasteiger partial charge in [0.2, 0.25) is 5.91 Å². The normalized spacial score (nSPS) is 14.0. The van der Waals surface area contributed by atoms with Gasteiger partial charge in [0.1, 0.15) is 12.3 Å². The summed E-state index contributed by atoms with van der Waals surface area (Å²) < 4.78 is 40.8. The highest BCUT2D eigenvalue weighted by Gasteiger charge is 2.44. The summed E-state index contributed by atoms with van der Waals surface area (Å²) in [5.74, 6) is -0.718. The number of thiophene rings is 1. The number of likely N-dealkylation sites (N-methyl/N-ethyl adjacent to an activating group) is 1. The first-order valence-electron chi connectivity index (χ1n) is 13.2. The van der Waals surface area contributed by atoms with Gasteiger partial charge in [-0.25, -0.2) is 0 Å². The lowest BCUT2D eigenvalue weighted by Crippen LogP contribution is -2.46. The lowest BCUT2D eigenvalue weighted by molar-refractivity contribution is -0.129. The van der Waals surface area contributed by atoms with Crippen LogP contribution >= 0.6 is 19.7 Å². The van der Waals surface area contributed by atoms with Crippen LogP contribution in [0.2, 0.25) is 0 Å². The van der Waals surface area contributed by atoms with E-state index in [1.165, 1.54) is 62.0 Å². The fourth-order valence-corrected chi connectivity index (χ4v) is 6.00. The summed E-state index contributed by atoms with van der Waals surface area (Å²) in [5, 5.41) is 9.95. The molecule has 1 aliphatic heterocycles. The Morgan fingerprint density at radius 2 is 1.76 bits per heavy atom. The summed E-state index contributed by atoms with van der Waals surface area (Å²) in [4.78, 5) is 48.0. The van der Waals surface area contributed by atoms with Gasteiger partial charge in [0.25, 0.3) is 20.8 Å². The predicted molar refractivity (Wildman–Crippen MR) is 157 cm³/mol. The number of likely N-dealkylation sites (tertiary alicyclic amines) is 1. The average molecular weight is 620 g/mol. The molecule has 2 amide bonds. The van der Waals surface area contributed by atoms with E-state index in [-0.39, 0.29) is 42.6 Å². The number of carboxylic acid groups (broad SMARTS) is 1. The van der Waals surface area contributed by atoms with Crippen molar-refractivity contribution in [3.05, 3.63) is 34.7 Å². The highest BCUT2D eigenvalue weighted by molar-refractivity contribution is 7.48. The van der Waals surface area contributed by atoms with Crippen LogP contribution in [0.1, 0.15) is 55.8 Å². The smallest absolute Gasteiger partial charge is 0.339 e. The molecule has 0 saturated carbocycles. The number of nitrogens with one attached hydrogen (secondary N) is 1. The molecule has 2 N–H and O–H groups in total. The van der Waals surface area contributed by atoms with Gasteiger partial charge in [0, 0.05) is 30.3 Å². The zero-order valence-corrected chi connectivity index (χ0v) is 25.8. The molecule has 1 atom stereocenters. The first kappa shape index (κ1) is 36.5. The van der Waals surface area contributed by atoms with Crippen LogP contribution in [0.5, 0.6) is 0 Å². The van der Waals surface area contributed by atoms with E-state index in [0.29, 0.717) is 22.9 Å². The first-order chi connectivity index (χ1) is 19.5. The molecule has 10 nitrogen and oxygen atoms in total. The third-order valence-electron chi connectivity index (χ3n) is 5.86. The monoisotopic (exact) mass is 619 g/mol. The maximum atomic E-state index is 15.0. The van der Waals surface area contributed by atoms with Crippen LogP contribution in [0.3, 0.4) is 0 Å². The SMILES string of the molecule is CCOP(OCC)C(F)(F)c1ccc2sc(C(=O)N[C@H](C=O)CN(CC)C(C)=O)cc2c1.CN1CCCC1.O=CO. The van der Waals surface area contributed by atoms with Gasteiger partial charge in [-0.3, -0.25) is 14.4 Å². The Morgan fingerprint density at radius 3 is 2.20 bits per heavy atom. The molecule has 0 unspecified atom stereocenters. The molecule has 41 heavy (non-hydrogen) atoms. The molecule has 1 aromatic carbocycles. The molecule has 2 aromatic rings. The maximum absolute atomic E-state index is 15.0. The molecule has 0 bridgehead atoms. The van der Waals surface area contributed by atoms with Gasteiger partial charge in [-0.2, -0.15) is 8.78 Å². The van der Waals surface area contributed by atoms with Gasteiger partial charge in [-0.05, 0) is 77.3 Å². The average Bonchev–Trinajstić information content (AvgIpc) is 3.60. The summed E-state index contributed by atoms with van der Waals surface area (Å²) in [6.07, 6.45) is 3.40. The predicted octanol–water partition coefficient (Wildman–Crippen LogP) is 4.91. The number of carbonyl (C=O) groups is 4. The largest absolute Gasteiger partial charge is 0.483 e. The molecular weight excluding hydrogens is 579 g/mol. The van der Waals surface area contributed by atoms with Crippen LogP contribution in [-0.2, 0) is 29.1 Å². The Labute approximate surface area is 244 Å². The number of halogens is 2. The maximum Gasteiger partial charge on any atom is 0.339 e. The summed E-state index contributed by atoms with van der Waals surface area (Å²) in [6, 6.07) is 4.77. The summed E-state index contributed by atoms with van der Waals surface area (Å²) in [5.41, 5.74) is -3.58. The van der Waals surface area contributed by atoms with Crippen molar-refractivity contribution in [2.75, 3.05) is 46.4 Å². The van der Waals surface area contributed by atoms with E-state index in [1.54, 1.807) is 20.8 Å². The topological polar surface area (TPSA) is 125 Å². The second-order valence-corrected chi connectivity index (χ2v) is 11.6. The van der Waals surface area contributed by atoms with E-state index >= 15 is 0 Å². The molecule has 0 aliphatic carbocycles. The van der Waals surface area contributed by atoms with Crippen molar-refractivity contribution in [1.82, 2.24) is 15.1 Å². The molecule has 1 aliphatic rings. The highest BCUT2D eigenvalue weighted by Crippen LogP contribution is 2.60. The van der Waals surface area contributed by atoms with Crippen molar-refractivity contribution in [1.29, 1.82) is 0 Å². The molecule has 1 saturated heterocycles. The summed E-state index contributed by atoms with van der Waals surface area (Å²) >= 11 is 1.13. The van der Waals surface area contributed by atoms with Crippen LogP contribution < -0.4 is 5.32 Å². The number of benzene rings is 1. The van der Waals surface area contributed by atoms with Gasteiger partial charge in [0.15, 0.2) is 0 Å². The van der Waals surface area contributed by atoms with Gasteiger partial charge in [0.05, 0.1) is 18.1 Å². The van der Waals surface area contributed by atoms with E-state index in [1.807, 2.05) is 0 Å². The third-order valence-corrected chi connectivity index (χ3v) is 8.68. The number of hydrogen-bond donors (Lipinski definition) is 2. The molecule has 0 radical (unpaired) electrons. The first-order valence-corrected chi connectivity index (χ1v) is 15.2. The number of hydrogen-bond acceptors (Lipinski definition) is 8. The van der Waals surface area contributed by atoms with Gasteiger partial charge in [-0.15, -0.1) is 11.3 Å². The van der Waals surface area contributed by atoms with E-state index in [4.69, 9.17) is 18.9 Å². The summed E-state index contributed by atoms with van der Waals surface area (Å²) in [7, 11) is -0.278. The van der Waals surface area contributed by atoms with Crippen molar-refractivity contribution in [3.8, 4) is 0 Å². The van der Waals surface area contributed by atoms with Crippen molar-refractivity contribution >= 4 is 54.4 Å². The second kappa shape index (κ2) is 18.8. The van der Waals surface area contributed by atoms with Gasteiger partial charge in [-0.1, -0.05) is 6.07 Å². The Bertz CT molecular complexity index is 1110. The van der Waals surface area contributed by atoms with Crippen molar-refractivity contribution in [3.63, 3.8) is 0 Å². The van der Waals surface area contributed by atoms with E-state index in [9.17, 15) is 23.2 Å². The highest BCUT2D eigenvalue weighted by atomic mass is 32.1. The minimum Gasteiger partial charge on any atom is -0.483 e. The van der Waals surface area contributed by atoms with Crippen molar-refractivity contribution in [2.24, 2.45) is 0 Å². The van der Waals surface area contributed by atoms with Crippen LogP contribution in [-0.4, -0.2) is 92.0 Å². The van der Waals surface area contributed by atoms with Crippen LogP contribution in [0.4, 0.5) is 8.78 Å². The molecular formula is C27H40F2N3O7PS. The number of nitrogens with zero attached hydrogens (tertiary/aromatic N) is 2. The van der Waals surface area contributed by atoms with Crippen LogP contribution in [0, 0.1) is 0 Å². The zero-order valence-electron chi connectivity index (χ0n) is 24.1. The zero-order chi connectivity index (χ0) is 31.0. The Balaban J connectivity index is 0.000000798. The molecule has 230 valence electrons. The fraction of sp³-hybridized carbons (Fsp3) is 0.556. The second-order valence-electron chi connectivity index (χ2n) is 8.89. The fourth-order valence-electron chi connectivity index (χ4n) is 3.84. The standard InChI is InChI=1S/C21H27F2N2O5PS.C5H11N.CH2O2/c1-5-25(14(4)27)12-17(13-26)24-20(28)19-11-15-10-16(8-9-18(15)32-19)21(22,23)31(29-6-2)30-7-3;1-6-4-2-3-5-6;2-1-3/h8-11,13,17H,5-7,12H2,1-4H3,(H,24,28);2-5H2,1H3;1H,(H,2,3)/t17-;;/m0../s1. The molecule has 3 rings (SSSR count). The van der Waals surface area contributed by atoms with E-state index < -0.39 is 26.0 Å². The minimum atomic E-state index is -3.32. The molecule has 0 spiro atoms. The number of amides is 2. The number of rotatable bonds is 12. The Morgan fingerprint density at radius 1 is 1.17 bits per heavy atom. The van der Waals surface area contributed by atoms with Gasteiger partial charge >= 0.3 is 5.66 Å². The van der Waals surface area contributed by atoms with Crippen molar-refractivity contribution in [2.45, 2.75) is 52.2 Å². The number of carbonyl (C=O) groups excluding carboxylic acids is 3. The Kier molecular flexibility index (Phi) is 16.7. The van der Waals surface area contributed by atoms with Crippen LogP contribution in [0.25, 0.3) is 10.1 Å². The van der Waals surface area contributed by atoms with E-state index in [0.717, 1.165) is 11.3 Å². The lowest BCUT2D eigenvalue weighted by atomic mass is 10.1. The Hall–Kier alpha value is -2.57. The number of fused-ring (bicyclic) bond motifs is 1. The quantitative estimate of drug-likeness (QED) is 0.254. The lowest BCUT2D eigenvalue weighted by Gasteiger charge is -2.25. The number of aldehydes is 1. The van der Waals surface area contributed by atoms with E-state index in [2.05, 4.69) is 17.3 Å². The molecule has 2 heterocycles. The number of alkyl halides is 2. The van der Waals surface area contributed by atoms with Gasteiger partial charge < -0.3 is 34.1 Å².